The Hall–Kier alpha value is -0.320. The van der Waals surface area contributed by atoms with Crippen molar-refractivity contribution < 1.29 is 4.79 Å². The minimum atomic E-state index is 0. The largest absolute Gasteiger partial charge is 0.326 e. The summed E-state index contributed by atoms with van der Waals surface area (Å²) in [7, 11) is 0. The second kappa shape index (κ2) is 5.55. The number of rotatable bonds is 3. The molecule has 2 saturated heterocycles. The van der Waals surface area contributed by atoms with E-state index in [9.17, 15) is 4.79 Å². The predicted octanol–water partition coefficient (Wildman–Crippen LogP) is 0.672. The molecule has 1 amide bonds. The third kappa shape index (κ3) is 3.12. The highest BCUT2D eigenvalue weighted by Gasteiger charge is 2.38. The van der Waals surface area contributed by atoms with Crippen LogP contribution in [-0.4, -0.2) is 54.6 Å². The van der Waals surface area contributed by atoms with Gasteiger partial charge < -0.3 is 10.2 Å². The van der Waals surface area contributed by atoms with Crippen molar-refractivity contribution in [2.45, 2.75) is 31.7 Å². The molecule has 3 fully saturated rings. The summed E-state index contributed by atoms with van der Waals surface area (Å²) in [6.07, 6.45) is 5.06. The molecule has 0 aromatic heterocycles. The molecule has 3 rings (SSSR count). The zero-order valence-corrected chi connectivity index (χ0v) is 11.0. The summed E-state index contributed by atoms with van der Waals surface area (Å²) in [5, 5.41) is 3.44. The van der Waals surface area contributed by atoms with Crippen LogP contribution in [0.25, 0.3) is 0 Å². The molecule has 5 heteroatoms. The minimum Gasteiger partial charge on any atom is -0.326 e. The highest BCUT2D eigenvalue weighted by atomic mass is 35.5. The molecule has 1 unspecified atom stereocenters. The van der Waals surface area contributed by atoms with Gasteiger partial charge in [0.15, 0.2) is 0 Å². The maximum atomic E-state index is 11.8. The van der Waals surface area contributed by atoms with Crippen LogP contribution in [0.3, 0.4) is 0 Å². The number of carbonyl (C=O) groups excluding carboxylic acids is 1. The fraction of sp³-hybridized carbons (Fsp3) is 0.917. The van der Waals surface area contributed by atoms with E-state index in [0.29, 0.717) is 18.5 Å². The molecule has 17 heavy (non-hydrogen) atoms. The lowest BCUT2D eigenvalue weighted by Crippen LogP contribution is -2.38. The molecule has 98 valence electrons. The van der Waals surface area contributed by atoms with Crippen molar-refractivity contribution in [1.29, 1.82) is 0 Å². The fourth-order valence-corrected chi connectivity index (χ4v) is 2.90. The van der Waals surface area contributed by atoms with Gasteiger partial charge in [-0.05, 0) is 44.7 Å². The van der Waals surface area contributed by atoms with Gasteiger partial charge in [-0.1, -0.05) is 0 Å². The van der Waals surface area contributed by atoms with Crippen LogP contribution in [0.1, 0.15) is 25.7 Å². The number of piperidine rings is 1. The first-order valence-corrected chi connectivity index (χ1v) is 6.55. The Kier molecular flexibility index (Phi) is 4.28. The van der Waals surface area contributed by atoms with E-state index in [2.05, 4.69) is 15.1 Å². The fourth-order valence-electron chi connectivity index (χ4n) is 2.90. The van der Waals surface area contributed by atoms with Gasteiger partial charge in [0.2, 0.25) is 5.91 Å². The summed E-state index contributed by atoms with van der Waals surface area (Å²) >= 11 is 0. The van der Waals surface area contributed by atoms with Gasteiger partial charge in [-0.25, -0.2) is 0 Å². The maximum Gasteiger partial charge on any atom is 0.238 e. The van der Waals surface area contributed by atoms with Crippen molar-refractivity contribution in [3.8, 4) is 0 Å². The van der Waals surface area contributed by atoms with E-state index in [0.717, 1.165) is 25.7 Å². The molecule has 0 radical (unpaired) electrons. The molecule has 1 aliphatic carbocycles. The van der Waals surface area contributed by atoms with Crippen molar-refractivity contribution in [3.05, 3.63) is 0 Å². The Morgan fingerprint density at radius 3 is 2.76 bits per heavy atom. The van der Waals surface area contributed by atoms with Crippen LogP contribution in [0.15, 0.2) is 0 Å². The van der Waals surface area contributed by atoms with Crippen LogP contribution in [0.4, 0.5) is 0 Å². The summed E-state index contributed by atoms with van der Waals surface area (Å²) in [4.78, 5) is 16.2. The SMILES string of the molecule is Cl.O=C1CN(CC2CCCNC2)CN1C1CC1. The van der Waals surface area contributed by atoms with Gasteiger partial charge >= 0.3 is 0 Å². The lowest BCUT2D eigenvalue weighted by molar-refractivity contribution is -0.127. The molecule has 1 N–H and O–H groups in total. The van der Waals surface area contributed by atoms with Crippen molar-refractivity contribution in [3.63, 3.8) is 0 Å². The van der Waals surface area contributed by atoms with Crippen molar-refractivity contribution in [2.24, 2.45) is 5.92 Å². The first kappa shape index (κ1) is 13.1. The zero-order valence-electron chi connectivity index (χ0n) is 10.2. The highest BCUT2D eigenvalue weighted by Crippen LogP contribution is 2.29. The van der Waals surface area contributed by atoms with E-state index in [1.165, 1.54) is 32.2 Å². The summed E-state index contributed by atoms with van der Waals surface area (Å²) in [6, 6.07) is 0.585. The molecule has 2 heterocycles. The van der Waals surface area contributed by atoms with E-state index in [1.807, 2.05) is 0 Å². The van der Waals surface area contributed by atoms with Crippen molar-refractivity contribution in [2.75, 3.05) is 32.8 Å². The maximum absolute atomic E-state index is 11.8. The normalized spacial score (nSPS) is 30.5. The number of amides is 1. The van der Waals surface area contributed by atoms with Gasteiger partial charge in [0, 0.05) is 12.6 Å². The van der Waals surface area contributed by atoms with E-state index in [-0.39, 0.29) is 12.4 Å². The monoisotopic (exact) mass is 259 g/mol. The molecular formula is C12H22ClN3O. The number of hydrogen-bond acceptors (Lipinski definition) is 3. The zero-order chi connectivity index (χ0) is 11.0. The molecule has 2 aliphatic heterocycles. The second-order valence-electron chi connectivity index (χ2n) is 5.46. The predicted molar refractivity (Wildman–Crippen MR) is 69.1 cm³/mol. The lowest BCUT2D eigenvalue weighted by atomic mass is 9.99. The van der Waals surface area contributed by atoms with Gasteiger partial charge in [0.1, 0.15) is 0 Å². The van der Waals surface area contributed by atoms with Crippen LogP contribution in [0, 0.1) is 5.92 Å². The quantitative estimate of drug-likeness (QED) is 0.809. The number of nitrogens with one attached hydrogen (secondary N) is 1. The summed E-state index contributed by atoms with van der Waals surface area (Å²) in [5.74, 6) is 1.10. The van der Waals surface area contributed by atoms with Crippen LogP contribution < -0.4 is 5.32 Å². The number of carbonyl (C=O) groups is 1. The van der Waals surface area contributed by atoms with Gasteiger partial charge in [-0.3, -0.25) is 9.69 Å². The highest BCUT2D eigenvalue weighted by molar-refractivity contribution is 5.85. The van der Waals surface area contributed by atoms with Crippen molar-refractivity contribution >= 4 is 18.3 Å². The standard InChI is InChI=1S/C12H21N3O.ClH/c16-12-8-14(9-15(12)11-3-4-11)7-10-2-1-5-13-6-10;/h10-11,13H,1-9H2;1H. The average molecular weight is 260 g/mol. The third-order valence-electron chi connectivity index (χ3n) is 3.93. The van der Waals surface area contributed by atoms with E-state index >= 15 is 0 Å². The van der Waals surface area contributed by atoms with Crippen LogP contribution in [0.2, 0.25) is 0 Å². The summed E-state index contributed by atoms with van der Waals surface area (Å²) < 4.78 is 0. The molecule has 0 spiro atoms. The minimum absolute atomic E-state index is 0. The van der Waals surface area contributed by atoms with Crippen LogP contribution >= 0.6 is 12.4 Å². The molecule has 1 atom stereocenters. The van der Waals surface area contributed by atoms with E-state index < -0.39 is 0 Å². The van der Waals surface area contributed by atoms with E-state index in [1.54, 1.807) is 0 Å². The Labute approximate surface area is 109 Å². The number of halogens is 1. The Balaban J connectivity index is 0.00000108. The Bertz CT molecular complexity index is 277. The molecule has 0 bridgehead atoms. The Morgan fingerprint density at radius 1 is 1.29 bits per heavy atom. The first-order valence-electron chi connectivity index (χ1n) is 6.55. The molecular weight excluding hydrogens is 238 g/mol. The lowest BCUT2D eigenvalue weighted by Gasteiger charge is -2.27. The summed E-state index contributed by atoms with van der Waals surface area (Å²) in [5.41, 5.74) is 0. The molecule has 0 aromatic rings. The van der Waals surface area contributed by atoms with Crippen molar-refractivity contribution in [1.82, 2.24) is 15.1 Å². The topological polar surface area (TPSA) is 35.6 Å². The van der Waals surface area contributed by atoms with Gasteiger partial charge in [0.25, 0.3) is 0 Å². The first-order chi connectivity index (χ1) is 7.83. The molecule has 1 saturated carbocycles. The van der Waals surface area contributed by atoms with Gasteiger partial charge in [0.05, 0.1) is 13.2 Å². The summed E-state index contributed by atoms with van der Waals surface area (Å²) in [6.45, 7) is 4.95. The van der Waals surface area contributed by atoms with Gasteiger partial charge in [-0.2, -0.15) is 0 Å². The second-order valence-corrected chi connectivity index (χ2v) is 5.46. The smallest absolute Gasteiger partial charge is 0.238 e. The average Bonchev–Trinajstić information content (AvgIpc) is 3.06. The molecule has 3 aliphatic rings. The molecule has 0 aromatic carbocycles. The van der Waals surface area contributed by atoms with Crippen LogP contribution in [-0.2, 0) is 4.79 Å². The van der Waals surface area contributed by atoms with Crippen LogP contribution in [0.5, 0.6) is 0 Å². The number of hydrogen-bond donors (Lipinski definition) is 1. The van der Waals surface area contributed by atoms with E-state index in [4.69, 9.17) is 0 Å². The third-order valence-corrected chi connectivity index (χ3v) is 3.93. The Morgan fingerprint density at radius 2 is 2.12 bits per heavy atom. The molecule has 4 nitrogen and oxygen atoms in total. The van der Waals surface area contributed by atoms with Gasteiger partial charge in [-0.15, -0.1) is 12.4 Å². The number of nitrogens with zero attached hydrogens (tertiary/aromatic N) is 2.